The van der Waals surface area contributed by atoms with Crippen LogP contribution in [0.3, 0.4) is 0 Å². The highest BCUT2D eigenvalue weighted by molar-refractivity contribution is 5.30. The van der Waals surface area contributed by atoms with Crippen molar-refractivity contribution in [2.45, 2.75) is 39.9 Å². The molecule has 0 aliphatic carbocycles. The number of rotatable bonds is 6. The van der Waals surface area contributed by atoms with E-state index in [-0.39, 0.29) is 6.04 Å². The quantitative estimate of drug-likeness (QED) is 0.879. The van der Waals surface area contributed by atoms with Gasteiger partial charge in [-0.05, 0) is 44.5 Å². The first-order valence-electron chi connectivity index (χ1n) is 7.04. The summed E-state index contributed by atoms with van der Waals surface area (Å²) < 4.78 is 7.31. The van der Waals surface area contributed by atoms with Gasteiger partial charge in [0.1, 0.15) is 5.75 Å². The molecule has 0 amide bonds. The molecule has 0 aliphatic rings. The lowest BCUT2D eigenvalue weighted by molar-refractivity contribution is 0.413. The van der Waals surface area contributed by atoms with Crippen LogP contribution in [0.4, 0.5) is 0 Å². The van der Waals surface area contributed by atoms with Gasteiger partial charge in [-0.15, -0.1) is 0 Å². The van der Waals surface area contributed by atoms with Gasteiger partial charge in [-0.2, -0.15) is 5.10 Å². The molecule has 1 aromatic heterocycles. The summed E-state index contributed by atoms with van der Waals surface area (Å²) in [7, 11) is 1.69. The third-order valence-corrected chi connectivity index (χ3v) is 3.47. The van der Waals surface area contributed by atoms with Crippen molar-refractivity contribution >= 4 is 0 Å². The molecule has 20 heavy (non-hydrogen) atoms. The van der Waals surface area contributed by atoms with Gasteiger partial charge < -0.3 is 10.1 Å². The van der Waals surface area contributed by atoms with Gasteiger partial charge in [0.2, 0.25) is 0 Å². The Morgan fingerprint density at radius 2 is 2.15 bits per heavy atom. The highest BCUT2D eigenvalue weighted by atomic mass is 16.5. The Hall–Kier alpha value is -1.81. The zero-order valence-electron chi connectivity index (χ0n) is 12.7. The number of aromatic nitrogens is 2. The van der Waals surface area contributed by atoms with Crippen LogP contribution in [-0.2, 0) is 13.1 Å². The molecule has 4 nitrogen and oxygen atoms in total. The normalized spacial score (nSPS) is 12.4. The second-order valence-electron chi connectivity index (χ2n) is 4.97. The summed E-state index contributed by atoms with van der Waals surface area (Å²) >= 11 is 0. The molecule has 2 rings (SSSR count). The van der Waals surface area contributed by atoms with E-state index in [0.717, 1.165) is 24.5 Å². The highest BCUT2D eigenvalue weighted by Crippen LogP contribution is 2.19. The molecule has 108 valence electrons. The van der Waals surface area contributed by atoms with E-state index in [1.54, 1.807) is 7.11 Å². The molecule has 1 aromatic carbocycles. The van der Waals surface area contributed by atoms with Gasteiger partial charge >= 0.3 is 0 Å². The van der Waals surface area contributed by atoms with E-state index in [0.29, 0.717) is 0 Å². The number of benzene rings is 1. The fourth-order valence-corrected chi connectivity index (χ4v) is 2.30. The predicted molar refractivity (Wildman–Crippen MR) is 80.9 cm³/mol. The summed E-state index contributed by atoms with van der Waals surface area (Å²) in [6.45, 7) is 8.02. The standard InChI is InChI=1S/C16H23N3O/c1-5-19-15(9-12(2)18-19)11-17-13(3)14-7-6-8-16(10-14)20-4/h6-10,13,17H,5,11H2,1-4H3/t13-/m1/s1. The van der Waals surface area contributed by atoms with E-state index < -0.39 is 0 Å². The van der Waals surface area contributed by atoms with Crippen molar-refractivity contribution in [3.05, 3.63) is 47.3 Å². The minimum Gasteiger partial charge on any atom is -0.497 e. The Balaban J connectivity index is 2.02. The molecule has 0 unspecified atom stereocenters. The van der Waals surface area contributed by atoms with Crippen LogP contribution in [0.2, 0.25) is 0 Å². The number of ether oxygens (including phenoxy) is 1. The number of hydrogen-bond acceptors (Lipinski definition) is 3. The van der Waals surface area contributed by atoms with Crippen molar-refractivity contribution in [3.8, 4) is 5.75 Å². The van der Waals surface area contributed by atoms with Crippen molar-refractivity contribution in [2.75, 3.05) is 7.11 Å². The van der Waals surface area contributed by atoms with Gasteiger partial charge in [0, 0.05) is 19.1 Å². The maximum absolute atomic E-state index is 5.27. The fourth-order valence-electron chi connectivity index (χ4n) is 2.30. The molecule has 0 radical (unpaired) electrons. The zero-order valence-corrected chi connectivity index (χ0v) is 12.7. The number of nitrogens with one attached hydrogen (secondary N) is 1. The highest BCUT2D eigenvalue weighted by Gasteiger charge is 2.08. The average Bonchev–Trinajstić information content (AvgIpc) is 2.85. The Bertz CT molecular complexity index is 563. The second-order valence-corrected chi connectivity index (χ2v) is 4.97. The van der Waals surface area contributed by atoms with Gasteiger partial charge in [-0.1, -0.05) is 12.1 Å². The molecule has 2 aromatic rings. The molecule has 1 atom stereocenters. The van der Waals surface area contributed by atoms with Crippen LogP contribution in [-0.4, -0.2) is 16.9 Å². The van der Waals surface area contributed by atoms with Crippen molar-refractivity contribution in [1.29, 1.82) is 0 Å². The number of aryl methyl sites for hydroxylation is 2. The Kier molecular flexibility index (Phi) is 4.79. The number of nitrogens with zero attached hydrogens (tertiary/aromatic N) is 2. The largest absolute Gasteiger partial charge is 0.497 e. The first-order chi connectivity index (χ1) is 9.63. The van der Waals surface area contributed by atoms with Crippen LogP contribution >= 0.6 is 0 Å². The van der Waals surface area contributed by atoms with Crippen molar-refractivity contribution in [1.82, 2.24) is 15.1 Å². The third-order valence-electron chi connectivity index (χ3n) is 3.47. The van der Waals surface area contributed by atoms with E-state index in [1.165, 1.54) is 11.3 Å². The smallest absolute Gasteiger partial charge is 0.119 e. The second kappa shape index (κ2) is 6.57. The van der Waals surface area contributed by atoms with E-state index in [9.17, 15) is 0 Å². The minimum absolute atomic E-state index is 0.269. The van der Waals surface area contributed by atoms with Crippen LogP contribution in [0.5, 0.6) is 5.75 Å². The molecular weight excluding hydrogens is 250 g/mol. The number of hydrogen-bond donors (Lipinski definition) is 1. The Morgan fingerprint density at radius 1 is 1.35 bits per heavy atom. The molecule has 0 aliphatic heterocycles. The predicted octanol–water partition coefficient (Wildman–Crippen LogP) is 3.07. The van der Waals surface area contributed by atoms with Crippen LogP contribution in [0.25, 0.3) is 0 Å². The molecule has 1 N–H and O–H groups in total. The summed E-state index contributed by atoms with van der Waals surface area (Å²) in [6.07, 6.45) is 0. The van der Waals surface area contributed by atoms with E-state index >= 15 is 0 Å². The fraction of sp³-hybridized carbons (Fsp3) is 0.438. The third kappa shape index (κ3) is 3.39. The lowest BCUT2D eigenvalue weighted by Crippen LogP contribution is -2.20. The first-order valence-corrected chi connectivity index (χ1v) is 7.04. The lowest BCUT2D eigenvalue weighted by Gasteiger charge is -2.15. The molecule has 0 fully saturated rings. The molecule has 0 saturated heterocycles. The van der Waals surface area contributed by atoms with Crippen LogP contribution in [0.15, 0.2) is 30.3 Å². The molecular formula is C16H23N3O. The van der Waals surface area contributed by atoms with Gasteiger partial charge in [-0.3, -0.25) is 4.68 Å². The van der Waals surface area contributed by atoms with Gasteiger partial charge in [0.25, 0.3) is 0 Å². The van der Waals surface area contributed by atoms with E-state index in [2.05, 4.69) is 42.5 Å². The minimum atomic E-state index is 0.269. The summed E-state index contributed by atoms with van der Waals surface area (Å²) in [4.78, 5) is 0. The monoisotopic (exact) mass is 273 g/mol. The average molecular weight is 273 g/mol. The molecule has 1 heterocycles. The first kappa shape index (κ1) is 14.6. The van der Waals surface area contributed by atoms with Crippen molar-refractivity contribution < 1.29 is 4.74 Å². The lowest BCUT2D eigenvalue weighted by atomic mass is 10.1. The zero-order chi connectivity index (χ0) is 14.5. The molecule has 0 spiro atoms. The topological polar surface area (TPSA) is 39.1 Å². The van der Waals surface area contributed by atoms with Crippen LogP contribution in [0.1, 0.15) is 36.8 Å². The van der Waals surface area contributed by atoms with E-state index in [4.69, 9.17) is 4.74 Å². The van der Waals surface area contributed by atoms with Crippen molar-refractivity contribution in [3.63, 3.8) is 0 Å². The Labute approximate surface area is 120 Å². The van der Waals surface area contributed by atoms with E-state index in [1.807, 2.05) is 23.7 Å². The van der Waals surface area contributed by atoms with Gasteiger partial charge in [0.05, 0.1) is 18.5 Å². The summed E-state index contributed by atoms with van der Waals surface area (Å²) in [5.41, 5.74) is 3.51. The van der Waals surface area contributed by atoms with Gasteiger partial charge in [0.15, 0.2) is 0 Å². The molecule has 4 heteroatoms. The van der Waals surface area contributed by atoms with Gasteiger partial charge in [-0.25, -0.2) is 0 Å². The van der Waals surface area contributed by atoms with Crippen LogP contribution < -0.4 is 10.1 Å². The summed E-state index contributed by atoms with van der Waals surface area (Å²) in [5.74, 6) is 0.894. The maximum Gasteiger partial charge on any atom is 0.119 e. The van der Waals surface area contributed by atoms with Crippen molar-refractivity contribution in [2.24, 2.45) is 0 Å². The Morgan fingerprint density at radius 3 is 2.85 bits per heavy atom. The maximum atomic E-state index is 5.27. The number of methoxy groups -OCH3 is 1. The summed E-state index contributed by atoms with van der Waals surface area (Å²) in [6, 6.07) is 10.6. The van der Waals surface area contributed by atoms with Crippen LogP contribution in [0, 0.1) is 6.92 Å². The SMILES string of the molecule is CCn1nc(C)cc1CN[C@H](C)c1cccc(OC)c1. The summed E-state index contributed by atoms with van der Waals surface area (Å²) in [5, 5.41) is 8.00. The molecule has 0 saturated carbocycles. The molecule has 0 bridgehead atoms.